The fraction of sp³-hybridized carbons (Fsp3) is 0.848. The van der Waals surface area contributed by atoms with Crippen LogP contribution in [-0.2, 0) is 14.4 Å². The first-order valence-corrected chi connectivity index (χ1v) is 22.1. The van der Waals surface area contributed by atoms with Crippen molar-refractivity contribution in [2.45, 2.75) is 224 Å². The molecule has 53 heavy (non-hydrogen) atoms. The normalized spacial score (nSPS) is 15.2. The lowest BCUT2D eigenvalue weighted by atomic mass is 9.70. The molecule has 3 N–H and O–H groups in total. The van der Waals surface area contributed by atoms with Crippen molar-refractivity contribution in [2.75, 3.05) is 27.7 Å². The molecule has 7 heteroatoms. The number of carbonyl (C=O) groups excluding carboxylic acids is 3. The van der Waals surface area contributed by atoms with Gasteiger partial charge in [0.15, 0.2) is 23.0 Å². The SMILES string of the molecule is CCCCCCCCC=CCCCCCCCC(=O)C(O)(CO)C(O)(C(=O)CCCCCCCC=CCCCCCCCC)C(=O)CC(C)[N+](C)(C)C. The van der Waals surface area contributed by atoms with Gasteiger partial charge in [-0.1, -0.05) is 141 Å². The number of aliphatic hydroxyl groups is 3. The van der Waals surface area contributed by atoms with E-state index in [4.69, 9.17) is 0 Å². The highest BCUT2D eigenvalue weighted by molar-refractivity contribution is 6.16. The lowest BCUT2D eigenvalue weighted by Crippen LogP contribution is -2.70. The number of hydrogen-bond donors (Lipinski definition) is 3. The van der Waals surface area contributed by atoms with E-state index in [1.54, 1.807) is 0 Å². The van der Waals surface area contributed by atoms with Crippen LogP contribution in [0.15, 0.2) is 24.3 Å². The summed E-state index contributed by atoms with van der Waals surface area (Å²) >= 11 is 0. The molecule has 0 aliphatic rings. The molecule has 3 unspecified atom stereocenters. The van der Waals surface area contributed by atoms with E-state index in [1.807, 2.05) is 28.1 Å². The average molecular weight is 749 g/mol. The van der Waals surface area contributed by atoms with Gasteiger partial charge in [-0.3, -0.25) is 14.4 Å². The molecule has 0 radical (unpaired) electrons. The molecule has 0 fully saturated rings. The molecule has 0 aromatic rings. The molecular weight excluding hydrogens is 663 g/mol. The Kier molecular flexibility index (Phi) is 30.5. The molecule has 0 aromatic carbocycles. The maximum Gasteiger partial charge on any atom is 0.219 e. The second-order valence-electron chi connectivity index (χ2n) is 16.8. The molecule has 7 nitrogen and oxygen atoms in total. The molecule has 0 bridgehead atoms. The van der Waals surface area contributed by atoms with Gasteiger partial charge in [0.2, 0.25) is 5.60 Å². The second-order valence-corrected chi connectivity index (χ2v) is 16.8. The summed E-state index contributed by atoms with van der Waals surface area (Å²) in [6.45, 7) is 5.13. The molecule has 0 aliphatic heterocycles. The average Bonchev–Trinajstić information content (AvgIpc) is 3.13. The zero-order valence-electron chi connectivity index (χ0n) is 35.6. The Morgan fingerprint density at radius 1 is 0.509 bits per heavy atom. The van der Waals surface area contributed by atoms with Crippen LogP contribution < -0.4 is 0 Å². The maximum atomic E-state index is 13.7. The molecule has 3 atom stereocenters. The molecule has 0 aromatic heterocycles. The number of quaternary nitrogens is 1. The van der Waals surface area contributed by atoms with Crippen LogP contribution in [0, 0.1) is 0 Å². The predicted octanol–water partition coefficient (Wildman–Crippen LogP) is 10.7. The maximum absolute atomic E-state index is 13.7. The third-order valence-corrected chi connectivity index (χ3v) is 11.2. The summed E-state index contributed by atoms with van der Waals surface area (Å²) in [5, 5.41) is 33.8. The lowest BCUT2D eigenvalue weighted by Gasteiger charge is -2.40. The van der Waals surface area contributed by atoms with Crippen molar-refractivity contribution >= 4 is 17.3 Å². The minimum absolute atomic E-state index is 0.115. The summed E-state index contributed by atoms with van der Waals surface area (Å²) in [6.07, 6.45) is 37.2. The largest absolute Gasteiger partial charge is 0.393 e. The highest BCUT2D eigenvalue weighted by atomic mass is 16.4. The van der Waals surface area contributed by atoms with Crippen LogP contribution in [0.1, 0.15) is 207 Å². The number of ketones is 3. The molecular formula is C46H86NO6+. The number of allylic oxidation sites excluding steroid dienone is 4. The van der Waals surface area contributed by atoms with Gasteiger partial charge in [0, 0.05) is 12.8 Å². The molecule has 0 saturated carbocycles. The Hall–Kier alpha value is -1.67. The number of unbranched alkanes of at least 4 members (excludes halogenated alkanes) is 22. The van der Waals surface area contributed by atoms with Crippen LogP contribution in [0.3, 0.4) is 0 Å². The van der Waals surface area contributed by atoms with Crippen molar-refractivity contribution in [1.82, 2.24) is 0 Å². The Labute approximate surface area is 327 Å². The Morgan fingerprint density at radius 2 is 0.830 bits per heavy atom. The summed E-state index contributed by atoms with van der Waals surface area (Å²) in [6, 6.07) is -0.287. The first kappa shape index (κ1) is 51.3. The van der Waals surface area contributed by atoms with E-state index in [2.05, 4.69) is 38.2 Å². The summed E-state index contributed by atoms with van der Waals surface area (Å²) in [7, 11) is 5.71. The summed E-state index contributed by atoms with van der Waals surface area (Å²) in [5.41, 5.74) is -5.85. The Balaban J connectivity index is 4.92. The van der Waals surface area contributed by atoms with Gasteiger partial charge in [-0.15, -0.1) is 0 Å². The van der Waals surface area contributed by atoms with E-state index in [9.17, 15) is 29.7 Å². The minimum atomic E-state index is -2.98. The van der Waals surface area contributed by atoms with Crippen LogP contribution in [0.5, 0.6) is 0 Å². The Morgan fingerprint density at radius 3 is 1.17 bits per heavy atom. The fourth-order valence-electron chi connectivity index (χ4n) is 6.81. The van der Waals surface area contributed by atoms with Crippen molar-refractivity contribution in [3.05, 3.63) is 24.3 Å². The van der Waals surface area contributed by atoms with Crippen LogP contribution in [0.25, 0.3) is 0 Å². The molecule has 0 spiro atoms. The smallest absolute Gasteiger partial charge is 0.219 e. The molecule has 0 aliphatic carbocycles. The van der Waals surface area contributed by atoms with Crippen molar-refractivity contribution < 1.29 is 34.2 Å². The topological polar surface area (TPSA) is 112 Å². The number of carbonyl (C=O) groups is 3. The third kappa shape index (κ3) is 22.5. The van der Waals surface area contributed by atoms with E-state index >= 15 is 0 Å². The monoisotopic (exact) mass is 749 g/mol. The van der Waals surface area contributed by atoms with Gasteiger partial charge in [-0.25, -0.2) is 0 Å². The lowest BCUT2D eigenvalue weighted by molar-refractivity contribution is -0.893. The number of nitrogens with zero attached hydrogens (tertiary/aromatic N) is 1. The van der Waals surface area contributed by atoms with E-state index in [0.717, 1.165) is 77.0 Å². The van der Waals surface area contributed by atoms with Gasteiger partial charge in [0.05, 0.1) is 40.2 Å². The fourth-order valence-corrected chi connectivity index (χ4v) is 6.81. The van der Waals surface area contributed by atoms with Crippen molar-refractivity contribution in [1.29, 1.82) is 0 Å². The highest BCUT2D eigenvalue weighted by Gasteiger charge is 2.62. The van der Waals surface area contributed by atoms with E-state index in [0.29, 0.717) is 17.3 Å². The van der Waals surface area contributed by atoms with Crippen molar-refractivity contribution in [3.63, 3.8) is 0 Å². The molecule has 0 amide bonds. The van der Waals surface area contributed by atoms with Gasteiger partial charge < -0.3 is 19.8 Å². The molecule has 0 rings (SSSR count). The third-order valence-electron chi connectivity index (χ3n) is 11.2. The van der Waals surface area contributed by atoms with Crippen molar-refractivity contribution in [3.8, 4) is 0 Å². The van der Waals surface area contributed by atoms with E-state index in [1.165, 1.54) is 77.0 Å². The van der Waals surface area contributed by atoms with Crippen LogP contribution in [0.2, 0.25) is 0 Å². The number of hydrogen-bond acceptors (Lipinski definition) is 6. The molecule has 310 valence electrons. The van der Waals surface area contributed by atoms with Gasteiger partial charge in [-0.05, 0) is 71.1 Å². The number of Topliss-reactive ketones (excluding diaryl/α,β-unsaturated/α-hetero) is 3. The highest BCUT2D eigenvalue weighted by Crippen LogP contribution is 2.32. The number of aliphatic hydroxyl groups excluding tert-OH is 1. The van der Waals surface area contributed by atoms with Gasteiger partial charge in [0.1, 0.15) is 0 Å². The van der Waals surface area contributed by atoms with Gasteiger partial charge >= 0.3 is 0 Å². The second kappa shape index (κ2) is 31.5. The van der Waals surface area contributed by atoms with Gasteiger partial charge in [0.25, 0.3) is 0 Å². The van der Waals surface area contributed by atoms with Crippen molar-refractivity contribution in [2.24, 2.45) is 0 Å². The van der Waals surface area contributed by atoms with Crippen LogP contribution in [0.4, 0.5) is 0 Å². The van der Waals surface area contributed by atoms with Crippen LogP contribution in [-0.4, -0.2) is 82.1 Å². The molecule has 0 saturated heterocycles. The summed E-state index contributed by atoms with van der Waals surface area (Å²) in [5.74, 6) is -2.61. The quantitative estimate of drug-likeness (QED) is 0.0251. The minimum Gasteiger partial charge on any atom is -0.393 e. The standard InChI is InChI=1S/C46H86NO6/c1-7-9-11-13-15-17-19-21-23-25-27-29-31-33-35-37-42(49)45(52,40-48)46(53,44(51)39-41(3)47(4,5)6)43(50)38-36-34-32-30-28-26-24-22-20-18-16-14-12-10-8-2/h21-24,41,48,52-53H,7-20,25-40H2,1-6H3/q+1. The number of rotatable bonds is 38. The van der Waals surface area contributed by atoms with Gasteiger partial charge in [-0.2, -0.15) is 0 Å². The zero-order valence-corrected chi connectivity index (χ0v) is 35.6. The zero-order chi connectivity index (χ0) is 39.9. The van der Waals surface area contributed by atoms with E-state index < -0.39 is 35.2 Å². The van der Waals surface area contributed by atoms with E-state index in [-0.39, 0.29) is 25.3 Å². The summed E-state index contributed by atoms with van der Waals surface area (Å²) < 4.78 is 0.394. The predicted molar refractivity (Wildman–Crippen MR) is 223 cm³/mol. The molecule has 0 heterocycles. The first-order chi connectivity index (χ1) is 25.3. The first-order valence-electron chi connectivity index (χ1n) is 22.1. The van der Waals surface area contributed by atoms with Crippen LogP contribution >= 0.6 is 0 Å². The Bertz CT molecular complexity index is 1000. The summed E-state index contributed by atoms with van der Waals surface area (Å²) in [4.78, 5) is 40.9.